The Morgan fingerprint density at radius 2 is 1.72 bits per heavy atom. The molecule has 0 radical (unpaired) electrons. The topological polar surface area (TPSA) is 88.5 Å². The third-order valence-corrected chi connectivity index (χ3v) is 4.03. The Kier molecular flexibility index (Phi) is 6.52. The number of nitrogens with one attached hydrogen (secondary N) is 2. The van der Waals surface area contributed by atoms with Crippen molar-refractivity contribution in [1.82, 2.24) is 9.97 Å². The second-order valence-electron chi connectivity index (χ2n) is 6.57. The number of aryl methyl sites for hydroxylation is 3. The molecule has 1 amide bonds. The summed E-state index contributed by atoms with van der Waals surface area (Å²) in [5.74, 6) is 0.855. The quantitative estimate of drug-likeness (QED) is 0.473. The summed E-state index contributed by atoms with van der Waals surface area (Å²) < 4.78 is 5.54. The number of nitrogens with zero attached hydrogens (tertiary/aromatic N) is 3. The molecule has 1 aromatic heterocycles. The average Bonchev–Trinajstić information content (AvgIpc) is 2.68. The molecule has 0 fully saturated rings. The van der Waals surface area contributed by atoms with Crippen molar-refractivity contribution in [3.8, 4) is 5.75 Å². The van der Waals surface area contributed by atoms with Gasteiger partial charge in [-0.2, -0.15) is 5.10 Å². The summed E-state index contributed by atoms with van der Waals surface area (Å²) in [6.07, 6.45) is 1.66. The molecule has 0 aliphatic heterocycles. The van der Waals surface area contributed by atoms with Gasteiger partial charge in [-0.05, 0) is 68.3 Å². The van der Waals surface area contributed by atoms with Crippen molar-refractivity contribution in [3.63, 3.8) is 0 Å². The first kappa shape index (κ1) is 20.0. The molecule has 3 rings (SSSR count). The SMILES string of the molecule is Cc1cc(C)nc(N/N=C/c2ccc(OCC(=O)Nc3ccccc3C)cc2)n1. The van der Waals surface area contributed by atoms with Crippen LogP contribution in [-0.2, 0) is 4.79 Å². The molecule has 3 aromatic rings. The predicted octanol–water partition coefficient (Wildman–Crippen LogP) is 3.87. The maximum absolute atomic E-state index is 12.1. The first-order valence-electron chi connectivity index (χ1n) is 9.19. The van der Waals surface area contributed by atoms with E-state index < -0.39 is 0 Å². The minimum Gasteiger partial charge on any atom is -0.484 e. The summed E-state index contributed by atoms with van der Waals surface area (Å²) in [6.45, 7) is 5.69. The van der Waals surface area contributed by atoms with Crippen molar-refractivity contribution in [2.75, 3.05) is 17.3 Å². The molecule has 0 bridgehead atoms. The summed E-state index contributed by atoms with van der Waals surface area (Å²) >= 11 is 0. The van der Waals surface area contributed by atoms with E-state index in [1.807, 2.05) is 63.2 Å². The minimum atomic E-state index is -0.206. The Morgan fingerprint density at radius 1 is 1.03 bits per heavy atom. The predicted molar refractivity (Wildman–Crippen MR) is 114 cm³/mol. The number of hydrogen-bond acceptors (Lipinski definition) is 6. The molecule has 148 valence electrons. The van der Waals surface area contributed by atoms with E-state index in [4.69, 9.17) is 4.74 Å². The van der Waals surface area contributed by atoms with Crippen LogP contribution < -0.4 is 15.5 Å². The van der Waals surface area contributed by atoms with Gasteiger partial charge >= 0.3 is 0 Å². The molecule has 0 spiro atoms. The molecule has 0 unspecified atom stereocenters. The van der Waals surface area contributed by atoms with Crippen LogP contribution in [-0.4, -0.2) is 28.7 Å². The van der Waals surface area contributed by atoms with Crippen molar-refractivity contribution in [3.05, 3.63) is 77.1 Å². The molecule has 0 saturated heterocycles. The molecule has 2 N–H and O–H groups in total. The number of amides is 1. The second-order valence-corrected chi connectivity index (χ2v) is 6.57. The third kappa shape index (κ3) is 6.14. The Balaban J connectivity index is 1.49. The number of carbonyl (C=O) groups excluding carboxylic acids is 1. The zero-order chi connectivity index (χ0) is 20.6. The summed E-state index contributed by atoms with van der Waals surface area (Å²) in [5.41, 5.74) is 7.24. The number of aromatic nitrogens is 2. The summed E-state index contributed by atoms with van der Waals surface area (Å²) in [5, 5.41) is 6.99. The normalized spacial score (nSPS) is 10.7. The highest BCUT2D eigenvalue weighted by molar-refractivity contribution is 5.92. The molecular weight excluding hydrogens is 366 g/mol. The van der Waals surface area contributed by atoms with Crippen molar-refractivity contribution in [2.45, 2.75) is 20.8 Å². The fourth-order valence-corrected chi connectivity index (χ4v) is 2.64. The lowest BCUT2D eigenvalue weighted by Gasteiger charge is -2.09. The smallest absolute Gasteiger partial charge is 0.262 e. The molecule has 1 heterocycles. The highest BCUT2D eigenvalue weighted by atomic mass is 16.5. The average molecular weight is 389 g/mol. The Labute approximate surface area is 169 Å². The van der Waals surface area contributed by atoms with E-state index in [1.54, 1.807) is 18.3 Å². The van der Waals surface area contributed by atoms with E-state index in [-0.39, 0.29) is 12.5 Å². The van der Waals surface area contributed by atoms with Gasteiger partial charge in [-0.15, -0.1) is 0 Å². The largest absolute Gasteiger partial charge is 0.484 e. The molecule has 0 saturated carbocycles. The van der Waals surface area contributed by atoms with E-state index in [2.05, 4.69) is 25.8 Å². The van der Waals surface area contributed by atoms with Crippen LogP contribution in [0.1, 0.15) is 22.5 Å². The van der Waals surface area contributed by atoms with Crippen molar-refractivity contribution in [2.24, 2.45) is 5.10 Å². The van der Waals surface area contributed by atoms with Crippen LogP contribution in [0.4, 0.5) is 11.6 Å². The molecule has 0 aliphatic carbocycles. The van der Waals surface area contributed by atoms with E-state index in [1.165, 1.54) is 0 Å². The van der Waals surface area contributed by atoms with Gasteiger partial charge in [0.15, 0.2) is 6.61 Å². The number of carbonyl (C=O) groups is 1. The molecule has 0 atom stereocenters. The van der Waals surface area contributed by atoms with Gasteiger partial charge < -0.3 is 10.1 Å². The van der Waals surface area contributed by atoms with Crippen LogP contribution in [0.5, 0.6) is 5.75 Å². The van der Waals surface area contributed by atoms with Crippen LogP contribution >= 0.6 is 0 Å². The Morgan fingerprint density at radius 3 is 2.41 bits per heavy atom. The van der Waals surface area contributed by atoms with Crippen molar-refractivity contribution in [1.29, 1.82) is 0 Å². The van der Waals surface area contributed by atoms with Crippen LogP contribution in [0.3, 0.4) is 0 Å². The number of para-hydroxylation sites is 1. The number of hydrazone groups is 1. The van der Waals surface area contributed by atoms with Gasteiger partial charge in [-0.1, -0.05) is 18.2 Å². The van der Waals surface area contributed by atoms with Crippen LogP contribution in [0.2, 0.25) is 0 Å². The summed E-state index contributed by atoms with van der Waals surface area (Å²) in [6, 6.07) is 16.8. The lowest BCUT2D eigenvalue weighted by Crippen LogP contribution is -2.20. The van der Waals surface area contributed by atoms with Crippen LogP contribution in [0, 0.1) is 20.8 Å². The number of ether oxygens (including phenoxy) is 1. The zero-order valence-corrected chi connectivity index (χ0v) is 16.6. The van der Waals surface area contributed by atoms with Gasteiger partial charge in [-0.3, -0.25) is 4.79 Å². The molecule has 29 heavy (non-hydrogen) atoms. The summed E-state index contributed by atoms with van der Waals surface area (Å²) in [7, 11) is 0. The highest BCUT2D eigenvalue weighted by Crippen LogP contribution is 2.14. The highest BCUT2D eigenvalue weighted by Gasteiger charge is 2.05. The van der Waals surface area contributed by atoms with Gasteiger partial charge in [0.1, 0.15) is 5.75 Å². The Hall–Kier alpha value is -3.74. The van der Waals surface area contributed by atoms with Crippen molar-refractivity contribution < 1.29 is 9.53 Å². The first-order chi connectivity index (χ1) is 14.0. The van der Waals surface area contributed by atoms with Crippen LogP contribution in [0.15, 0.2) is 59.7 Å². The molecule has 2 aromatic carbocycles. The van der Waals surface area contributed by atoms with Gasteiger partial charge in [-0.25, -0.2) is 15.4 Å². The Bertz CT molecular complexity index is 996. The fourth-order valence-electron chi connectivity index (χ4n) is 2.64. The third-order valence-electron chi connectivity index (χ3n) is 4.03. The van der Waals surface area contributed by atoms with Gasteiger partial charge in [0.2, 0.25) is 5.95 Å². The van der Waals surface area contributed by atoms with Crippen LogP contribution in [0.25, 0.3) is 0 Å². The van der Waals surface area contributed by atoms with E-state index in [0.717, 1.165) is 28.2 Å². The van der Waals surface area contributed by atoms with Gasteiger partial charge in [0.05, 0.1) is 6.21 Å². The minimum absolute atomic E-state index is 0.0621. The van der Waals surface area contributed by atoms with Crippen molar-refractivity contribution >= 4 is 23.8 Å². The maximum Gasteiger partial charge on any atom is 0.262 e. The van der Waals surface area contributed by atoms with E-state index in [0.29, 0.717) is 11.7 Å². The molecule has 7 nitrogen and oxygen atoms in total. The summed E-state index contributed by atoms with van der Waals surface area (Å²) in [4.78, 5) is 20.6. The fraction of sp³-hybridized carbons (Fsp3) is 0.182. The lowest BCUT2D eigenvalue weighted by atomic mass is 10.2. The number of benzene rings is 2. The molecular formula is C22H23N5O2. The van der Waals surface area contributed by atoms with E-state index >= 15 is 0 Å². The zero-order valence-electron chi connectivity index (χ0n) is 16.6. The van der Waals surface area contributed by atoms with Gasteiger partial charge in [0, 0.05) is 17.1 Å². The lowest BCUT2D eigenvalue weighted by molar-refractivity contribution is -0.118. The number of hydrogen-bond donors (Lipinski definition) is 2. The van der Waals surface area contributed by atoms with Gasteiger partial charge in [0.25, 0.3) is 5.91 Å². The molecule has 7 heteroatoms. The number of anilines is 2. The van der Waals surface area contributed by atoms with E-state index in [9.17, 15) is 4.79 Å². The number of rotatable bonds is 7. The first-order valence-corrected chi connectivity index (χ1v) is 9.19. The molecule has 0 aliphatic rings. The second kappa shape index (κ2) is 9.45. The maximum atomic E-state index is 12.1. The monoisotopic (exact) mass is 389 g/mol. The standard InChI is InChI=1S/C22H23N5O2/c1-15-6-4-5-7-20(15)26-21(28)14-29-19-10-8-18(9-11-19)13-23-27-22-24-16(2)12-17(3)25-22/h4-13H,14H2,1-3H3,(H,26,28)(H,24,25,27)/b23-13+.